The second kappa shape index (κ2) is 9.03. The summed E-state index contributed by atoms with van der Waals surface area (Å²) in [6.45, 7) is 0. The Balaban J connectivity index is 1.55. The third-order valence-electron chi connectivity index (χ3n) is 3.24. The molecule has 1 heterocycles. The third kappa shape index (κ3) is 5.56. The van der Waals surface area contributed by atoms with E-state index >= 15 is 0 Å². The van der Waals surface area contributed by atoms with Gasteiger partial charge < -0.3 is 15.4 Å². The van der Waals surface area contributed by atoms with Crippen LogP contribution in [0.2, 0.25) is 5.02 Å². The van der Waals surface area contributed by atoms with Crippen LogP contribution in [-0.4, -0.2) is 29.0 Å². The first kappa shape index (κ1) is 19.4. The first-order valence-electron chi connectivity index (χ1n) is 7.66. The SMILES string of the molecule is COc1ccc(Cl)cc1NC(=O)CSc1nnc(Nc2cccc(F)c2)s1. The standard InChI is InChI=1S/C17H14ClFN4O2S2/c1-25-14-6-5-10(18)7-13(14)21-15(24)9-26-17-23-22-16(27-17)20-12-4-2-3-11(19)8-12/h2-8H,9H2,1H3,(H,20,22)(H,21,24). The Morgan fingerprint density at radius 1 is 1.30 bits per heavy atom. The lowest BCUT2D eigenvalue weighted by molar-refractivity contribution is -0.113. The topological polar surface area (TPSA) is 76.1 Å². The Morgan fingerprint density at radius 2 is 2.15 bits per heavy atom. The molecule has 0 fully saturated rings. The summed E-state index contributed by atoms with van der Waals surface area (Å²) >= 11 is 8.47. The molecule has 6 nitrogen and oxygen atoms in total. The van der Waals surface area contributed by atoms with E-state index in [1.165, 1.54) is 42.3 Å². The second-order valence-corrected chi connectivity index (χ2v) is 7.83. The van der Waals surface area contributed by atoms with Gasteiger partial charge in [0.1, 0.15) is 11.6 Å². The minimum atomic E-state index is -0.341. The molecule has 0 bridgehead atoms. The van der Waals surface area contributed by atoms with Crippen molar-refractivity contribution in [2.75, 3.05) is 23.5 Å². The Hall–Kier alpha value is -2.36. The van der Waals surface area contributed by atoms with Crippen molar-refractivity contribution in [1.29, 1.82) is 0 Å². The maximum atomic E-state index is 13.2. The van der Waals surface area contributed by atoms with Gasteiger partial charge in [0, 0.05) is 10.7 Å². The van der Waals surface area contributed by atoms with Crippen LogP contribution in [0, 0.1) is 5.82 Å². The van der Waals surface area contributed by atoms with Gasteiger partial charge >= 0.3 is 0 Å². The predicted molar refractivity (Wildman–Crippen MR) is 107 cm³/mol. The maximum absolute atomic E-state index is 13.2. The zero-order valence-electron chi connectivity index (χ0n) is 14.0. The van der Waals surface area contributed by atoms with Crippen molar-refractivity contribution in [1.82, 2.24) is 10.2 Å². The Kier molecular flexibility index (Phi) is 6.49. The van der Waals surface area contributed by atoms with Crippen LogP contribution in [0.5, 0.6) is 5.75 Å². The number of aromatic nitrogens is 2. The van der Waals surface area contributed by atoms with Crippen molar-refractivity contribution >= 4 is 57.1 Å². The predicted octanol–water partition coefficient (Wildman–Crippen LogP) is 4.81. The number of thioether (sulfide) groups is 1. The van der Waals surface area contributed by atoms with Gasteiger partial charge in [-0.05, 0) is 36.4 Å². The number of carbonyl (C=O) groups is 1. The average Bonchev–Trinajstić information content (AvgIpc) is 3.08. The van der Waals surface area contributed by atoms with E-state index < -0.39 is 0 Å². The molecular formula is C17H14ClFN4O2S2. The molecule has 0 aliphatic heterocycles. The zero-order chi connectivity index (χ0) is 19.2. The fraction of sp³-hybridized carbons (Fsp3) is 0.118. The number of hydrogen-bond acceptors (Lipinski definition) is 7. The first-order chi connectivity index (χ1) is 13.0. The summed E-state index contributed by atoms with van der Waals surface area (Å²) in [5.41, 5.74) is 1.08. The molecule has 0 aliphatic carbocycles. The fourth-order valence-corrected chi connectivity index (χ4v) is 3.84. The molecule has 0 spiro atoms. The van der Waals surface area contributed by atoms with Crippen LogP contribution >= 0.6 is 34.7 Å². The molecule has 2 aromatic carbocycles. The number of methoxy groups -OCH3 is 1. The number of anilines is 3. The smallest absolute Gasteiger partial charge is 0.234 e. The van der Waals surface area contributed by atoms with Crippen LogP contribution in [0.25, 0.3) is 0 Å². The van der Waals surface area contributed by atoms with Crippen LogP contribution in [0.3, 0.4) is 0 Å². The molecule has 0 saturated carbocycles. The molecule has 0 aliphatic rings. The number of halogens is 2. The summed E-state index contributed by atoms with van der Waals surface area (Å²) in [6.07, 6.45) is 0. The molecule has 3 rings (SSSR count). The van der Waals surface area contributed by atoms with E-state index in [4.69, 9.17) is 16.3 Å². The molecule has 0 atom stereocenters. The highest BCUT2D eigenvalue weighted by molar-refractivity contribution is 8.01. The van der Waals surface area contributed by atoms with Crippen molar-refractivity contribution in [3.63, 3.8) is 0 Å². The van der Waals surface area contributed by atoms with Gasteiger partial charge in [0.25, 0.3) is 0 Å². The lowest BCUT2D eigenvalue weighted by Gasteiger charge is -2.09. The van der Waals surface area contributed by atoms with Gasteiger partial charge in [-0.3, -0.25) is 4.79 Å². The van der Waals surface area contributed by atoms with Crippen LogP contribution in [-0.2, 0) is 4.79 Å². The van der Waals surface area contributed by atoms with Gasteiger partial charge in [-0.15, -0.1) is 10.2 Å². The monoisotopic (exact) mass is 424 g/mol. The normalized spacial score (nSPS) is 10.5. The molecular weight excluding hydrogens is 411 g/mol. The molecule has 1 aromatic heterocycles. The van der Waals surface area contributed by atoms with Crippen LogP contribution in [0.1, 0.15) is 0 Å². The summed E-state index contributed by atoms with van der Waals surface area (Å²) in [4.78, 5) is 12.2. The highest BCUT2D eigenvalue weighted by atomic mass is 35.5. The van der Waals surface area contributed by atoms with Crippen LogP contribution < -0.4 is 15.4 Å². The maximum Gasteiger partial charge on any atom is 0.234 e. The van der Waals surface area contributed by atoms with Crippen molar-refractivity contribution < 1.29 is 13.9 Å². The third-order valence-corrected chi connectivity index (χ3v) is 5.45. The van der Waals surface area contributed by atoms with E-state index in [0.717, 1.165) is 0 Å². The number of ether oxygens (including phenoxy) is 1. The molecule has 2 N–H and O–H groups in total. The van der Waals surface area contributed by atoms with Gasteiger partial charge in [-0.1, -0.05) is 40.8 Å². The van der Waals surface area contributed by atoms with Crippen molar-refractivity contribution in [2.24, 2.45) is 0 Å². The van der Waals surface area contributed by atoms with Gasteiger partial charge in [0.05, 0.1) is 18.6 Å². The number of hydrogen-bond donors (Lipinski definition) is 2. The Labute approximate surface area is 168 Å². The summed E-state index contributed by atoms with van der Waals surface area (Å²) in [6, 6.07) is 11.0. The number of benzene rings is 2. The lowest BCUT2D eigenvalue weighted by atomic mass is 10.3. The minimum Gasteiger partial charge on any atom is -0.495 e. The van der Waals surface area contributed by atoms with Crippen LogP contribution in [0.4, 0.5) is 20.9 Å². The van der Waals surface area contributed by atoms with E-state index in [9.17, 15) is 9.18 Å². The molecule has 10 heteroatoms. The molecule has 0 radical (unpaired) electrons. The molecule has 1 amide bonds. The van der Waals surface area contributed by atoms with E-state index in [2.05, 4.69) is 20.8 Å². The summed E-state index contributed by atoms with van der Waals surface area (Å²) in [7, 11) is 1.52. The summed E-state index contributed by atoms with van der Waals surface area (Å²) in [5, 5.41) is 14.7. The molecule has 140 valence electrons. The Morgan fingerprint density at radius 3 is 2.93 bits per heavy atom. The first-order valence-corrected chi connectivity index (χ1v) is 9.84. The molecule has 3 aromatic rings. The van der Waals surface area contributed by atoms with Crippen molar-refractivity contribution in [3.8, 4) is 5.75 Å². The molecule has 0 saturated heterocycles. The highest BCUT2D eigenvalue weighted by Gasteiger charge is 2.11. The molecule has 0 unspecified atom stereocenters. The van der Waals surface area contributed by atoms with E-state index in [1.54, 1.807) is 30.3 Å². The number of nitrogens with one attached hydrogen (secondary N) is 2. The number of rotatable bonds is 7. The van der Waals surface area contributed by atoms with Crippen LogP contribution in [0.15, 0.2) is 46.8 Å². The summed E-state index contributed by atoms with van der Waals surface area (Å²) < 4.78 is 19.0. The minimum absolute atomic E-state index is 0.143. The fourth-order valence-electron chi connectivity index (χ4n) is 2.10. The van der Waals surface area contributed by atoms with E-state index in [1.807, 2.05) is 0 Å². The largest absolute Gasteiger partial charge is 0.495 e. The number of nitrogens with zero attached hydrogens (tertiary/aromatic N) is 2. The Bertz CT molecular complexity index is 954. The summed E-state index contributed by atoms with van der Waals surface area (Å²) in [5.74, 6) is 0.0995. The second-order valence-electron chi connectivity index (χ2n) is 5.19. The van der Waals surface area contributed by atoms with E-state index in [-0.39, 0.29) is 17.5 Å². The number of amides is 1. The average molecular weight is 425 g/mol. The number of carbonyl (C=O) groups excluding carboxylic acids is 1. The van der Waals surface area contributed by atoms with Gasteiger partial charge in [0.2, 0.25) is 11.0 Å². The van der Waals surface area contributed by atoms with Gasteiger partial charge in [-0.25, -0.2) is 4.39 Å². The van der Waals surface area contributed by atoms with Crippen molar-refractivity contribution in [3.05, 3.63) is 53.3 Å². The lowest BCUT2D eigenvalue weighted by Crippen LogP contribution is -2.14. The van der Waals surface area contributed by atoms with Crippen molar-refractivity contribution in [2.45, 2.75) is 4.34 Å². The zero-order valence-corrected chi connectivity index (χ0v) is 16.4. The molecule has 27 heavy (non-hydrogen) atoms. The van der Waals surface area contributed by atoms with Gasteiger partial charge in [0.15, 0.2) is 4.34 Å². The van der Waals surface area contributed by atoms with E-state index in [0.29, 0.717) is 31.6 Å². The van der Waals surface area contributed by atoms with Gasteiger partial charge in [-0.2, -0.15) is 0 Å². The highest BCUT2D eigenvalue weighted by Crippen LogP contribution is 2.30. The quantitative estimate of drug-likeness (QED) is 0.530.